The summed E-state index contributed by atoms with van der Waals surface area (Å²) >= 11 is 0. The predicted molar refractivity (Wildman–Crippen MR) is 146 cm³/mol. The van der Waals surface area contributed by atoms with E-state index in [4.69, 9.17) is 18.9 Å². The molecule has 3 aromatic carbocycles. The average molecular weight is 533 g/mol. The fraction of sp³-hybridized carbons (Fsp3) is 0.300. The van der Waals surface area contributed by atoms with Gasteiger partial charge in [0.2, 0.25) is 5.91 Å². The zero-order chi connectivity index (χ0) is 28.1. The number of carbonyl (C=O) groups is 3. The second kappa shape index (κ2) is 11.9. The Balaban J connectivity index is 1.67. The zero-order valence-corrected chi connectivity index (χ0v) is 22.7. The first-order chi connectivity index (χ1) is 18.8. The lowest BCUT2D eigenvalue weighted by atomic mass is 10.1. The van der Waals surface area contributed by atoms with Crippen molar-refractivity contribution in [3.05, 3.63) is 77.4 Å². The van der Waals surface area contributed by atoms with E-state index in [1.54, 1.807) is 50.6 Å². The SMILES string of the molecule is COc1ccc(CCN(C(=O)c2ccc(OC)c(OC)c2)C2CC(=O)N(c3ccc(C)cc3)C2=O)cc1OC. The molecule has 0 radical (unpaired) electrons. The number of ether oxygens (including phenoxy) is 4. The Morgan fingerprint density at radius 1 is 0.821 bits per heavy atom. The lowest BCUT2D eigenvalue weighted by molar-refractivity contribution is -0.122. The Kier molecular flexibility index (Phi) is 8.39. The van der Waals surface area contributed by atoms with Gasteiger partial charge in [0.25, 0.3) is 11.8 Å². The number of aryl methyl sites for hydroxylation is 1. The molecule has 204 valence electrons. The molecule has 1 heterocycles. The van der Waals surface area contributed by atoms with Crippen molar-refractivity contribution in [2.24, 2.45) is 0 Å². The van der Waals surface area contributed by atoms with Crippen LogP contribution in [-0.2, 0) is 16.0 Å². The predicted octanol–water partition coefficient (Wildman–Crippen LogP) is 4.05. The molecule has 1 atom stereocenters. The second-order valence-corrected chi connectivity index (χ2v) is 9.13. The molecule has 0 saturated carbocycles. The van der Waals surface area contributed by atoms with Crippen LogP contribution < -0.4 is 23.8 Å². The average Bonchev–Trinajstić information content (AvgIpc) is 3.25. The largest absolute Gasteiger partial charge is 0.493 e. The van der Waals surface area contributed by atoms with E-state index >= 15 is 0 Å². The third kappa shape index (κ3) is 5.67. The van der Waals surface area contributed by atoms with Gasteiger partial charge in [0.05, 0.1) is 40.5 Å². The molecule has 9 nitrogen and oxygen atoms in total. The molecule has 4 rings (SSSR count). The van der Waals surface area contributed by atoms with Crippen LogP contribution >= 0.6 is 0 Å². The normalized spacial score (nSPS) is 14.8. The molecule has 0 N–H and O–H groups in total. The van der Waals surface area contributed by atoms with Gasteiger partial charge in [0, 0.05) is 12.1 Å². The van der Waals surface area contributed by atoms with E-state index in [0.29, 0.717) is 40.7 Å². The topological polar surface area (TPSA) is 94.6 Å². The maximum atomic E-state index is 13.9. The Morgan fingerprint density at radius 3 is 2.03 bits per heavy atom. The highest BCUT2D eigenvalue weighted by Crippen LogP contribution is 2.32. The number of hydrogen-bond donors (Lipinski definition) is 0. The van der Waals surface area contributed by atoms with Gasteiger partial charge in [0.15, 0.2) is 23.0 Å². The summed E-state index contributed by atoms with van der Waals surface area (Å²) in [5.41, 5.74) is 2.69. The van der Waals surface area contributed by atoms with Crippen molar-refractivity contribution >= 4 is 23.4 Å². The number of rotatable bonds is 10. The minimum atomic E-state index is -0.959. The van der Waals surface area contributed by atoms with E-state index < -0.39 is 17.9 Å². The van der Waals surface area contributed by atoms with E-state index in [1.165, 1.54) is 19.1 Å². The fourth-order valence-electron chi connectivity index (χ4n) is 4.64. The fourth-order valence-corrected chi connectivity index (χ4v) is 4.64. The lowest BCUT2D eigenvalue weighted by Gasteiger charge is -2.28. The first-order valence-electron chi connectivity index (χ1n) is 12.5. The third-order valence-corrected chi connectivity index (χ3v) is 6.77. The second-order valence-electron chi connectivity index (χ2n) is 9.13. The van der Waals surface area contributed by atoms with Crippen molar-refractivity contribution < 1.29 is 33.3 Å². The molecular weight excluding hydrogens is 500 g/mol. The molecule has 1 unspecified atom stereocenters. The number of amides is 3. The number of hydrogen-bond acceptors (Lipinski definition) is 7. The zero-order valence-electron chi connectivity index (χ0n) is 22.7. The highest BCUT2D eigenvalue weighted by Gasteiger charge is 2.44. The standard InChI is InChI=1S/C30H32N2O7/c1-19-6-10-22(11-7-19)32-28(33)18-23(30(32)35)31(15-14-20-8-12-24(36-2)26(16-20)38-4)29(34)21-9-13-25(37-3)27(17-21)39-5/h6-13,16-17,23H,14-15,18H2,1-5H3. The summed E-state index contributed by atoms with van der Waals surface area (Å²) in [6.07, 6.45) is 0.305. The summed E-state index contributed by atoms with van der Waals surface area (Å²) < 4.78 is 21.4. The van der Waals surface area contributed by atoms with Crippen LogP contribution in [0.2, 0.25) is 0 Å². The van der Waals surface area contributed by atoms with Gasteiger partial charge < -0.3 is 23.8 Å². The van der Waals surface area contributed by atoms with E-state index in [0.717, 1.165) is 16.0 Å². The molecule has 0 aliphatic carbocycles. The summed E-state index contributed by atoms with van der Waals surface area (Å²) in [7, 11) is 6.11. The number of benzene rings is 3. The van der Waals surface area contributed by atoms with Gasteiger partial charge in [-0.05, 0) is 61.4 Å². The maximum Gasteiger partial charge on any atom is 0.257 e. The van der Waals surface area contributed by atoms with Crippen LogP contribution in [0, 0.1) is 6.92 Å². The number of methoxy groups -OCH3 is 4. The monoisotopic (exact) mass is 532 g/mol. The number of imide groups is 1. The number of carbonyl (C=O) groups excluding carboxylic acids is 3. The Hall–Kier alpha value is -4.53. The summed E-state index contributed by atoms with van der Waals surface area (Å²) in [5.74, 6) is 0.820. The van der Waals surface area contributed by atoms with Gasteiger partial charge in [-0.25, -0.2) is 4.90 Å². The van der Waals surface area contributed by atoms with Crippen molar-refractivity contribution in [2.45, 2.75) is 25.8 Å². The molecule has 39 heavy (non-hydrogen) atoms. The number of anilines is 1. The van der Waals surface area contributed by atoms with Crippen molar-refractivity contribution in [3.8, 4) is 23.0 Å². The molecule has 9 heteroatoms. The van der Waals surface area contributed by atoms with Crippen LogP contribution in [0.3, 0.4) is 0 Å². The van der Waals surface area contributed by atoms with Gasteiger partial charge in [-0.1, -0.05) is 23.8 Å². The van der Waals surface area contributed by atoms with Crippen LogP contribution in [0.1, 0.15) is 27.9 Å². The molecule has 0 bridgehead atoms. The van der Waals surface area contributed by atoms with Crippen molar-refractivity contribution in [1.82, 2.24) is 4.90 Å². The molecule has 1 fully saturated rings. The first kappa shape index (κ1) is 27.5. The van der Waals surface area contributed by atoms with Crippen LogP contribution in [0.4, 0.5) is 5.69 Å². The summed E-state index contributed by atoms with van der Waals surface area (Å²) in [6, 6.07) is 16.5. The van der Waals surface area contributed by atoms with E-state index in [1.807, 2.05) is 31.2 Å². The molecule has 1 aliphatic rings. The van der Waals surface area contributed by atoms with E-state index in [2.05, 4.69) is 0 Å². The van der Waals surface area contributed by atoms with Crippen LogP contribution in [-0.4, -0.2) is 63.6 Å². The Labute approximate surface area is 227 Å². The van der Waals surface area contributed by atoms with Crippen molar-refractivity contribution in [2.75, 3.05) is 39.9 Å². The van der Waals surface area contributed by atoms with Gasteiger partial charge in [-0.15, -0.1) is 0 Å². The molecule has 3 aromatic rings. The number of nitrogens with zero attached hydrogens (tertiary/aromatic N) is 2. The summed E-state index contributed by atoms with van der Waals surface area (Å²) in [5, 5.41) is 0. The first-order valence-corrected chi connectivity index (χ1v) is 12.5. The third-order valence-electron chi connectivity index (χ3n) is 6.77. The summed E-state index contributed by atoms with van der Waals surface area (Å²) in [4.78, 5) is 43.2. The maximum absolute atomic E-state index is 13.9. The van der Waals surface area contributed by atoms with Gasteiger partial charge in [-0.3, -0.25) is 14.4 Å². The van der Waals surface area contributed by atoms with Crippen LogP contribution in [0.15, 0.2) is 60.7 Å². The molecule has 3 amide bonds. The minimum absolute atomic E-state index is 0.113. The van der Waals surface area contributed by atoms with E-state index in [9.17, 15) is 14.4 Å². The minimum Gasteiger partial charge on any atom is -0.493 e. The van der Waals surface area contributed by atoms with Crippen molar-refractivity contribution in [3.63, 3.8) is 0 Å². The van der Waals surface area contributed by atoms with Gasteiger partial charge in [-0.2, -0.15) is 0 Å². The molecule has 1 saturated heterocycles. The van der Waals surface area contributed by atoms with E-state index in [-0.39, 0.29) is 18.9 Å². The molecule has 1 aliphatic heterocycles. The molecule has 0 aromatic heterocycles. The highest BCUT2D eigenvalue weighted by atomic mass is 16.5. The summed E-state index contributed by atoms with van der Waals surface area (Å²) in [6.45, 7) is 2.12. The molecule has 0 spiro atoms. The van der Waals surface area contributed by atoms with Crippen molar-refractivity contribution in [1.29, 1.82) is 0 Å². The Bertz CT molecular complexity index is 1370. The van der Waals surface area contributed by atoms with Crippen LogP contribution in [0.25, 0.3) is 0 Å². The highest BCUT2D eigenvalue weighted by molar-refractivity contribution is 6.23. The van der Waals surface area contributed by atoms with Gasteiger partial charge >= 0.3 is 0 Å². The molecular formula is C30H32N2O7. The quantitative estimate of drug-likeness (QED) is 0.364. The van der Waals surface area contributed by atoms with Gasteiger partial charge in [0.1, 0.15) is 6.04 Å². The Morgan fingerprint density at radius 2 is 1.41 bits per heavy atom. The lowest BCUT2D eigenvalue weighted by Crippen LogP contribution is -2.46. The smallest absolute Gasteiger partial charge is 0.257 e. The van der Waals surface area contributed by atoms with Crippen LogP contribution in [0.5, 0.6) is 23.0 Å².